The summed E-state index contributed by atoms with van der Waals surface area (Å²) in [6.45, 7) is 16.7. The van der Waals surface area contributed by atoms with E-state index < -0.39 is 0 Å². The predicted molar refractivity (Wildman–Crippen MR) is 103 cm³/mol. The zero-order valence-electron chi connectivity index (χ0n) is 17.6. The summed E-state index contributed by atoms with van der Waals surface area (Å²) in [5, 5.41) is 3.18. The van der Waals surface area contributed by atoms with Gasteiger partial charge in [-0.25, -0.2) is 0 Å². The van der Waals surface area contributed by atoms with Crippen LogP contribution in [-0.4, -0.2) is 29.8 Å². The lowest BCUT2D eigenvalue weighted by atomic mass is 9.67. The largest absolute Gasteiger partial charge is 0.457 e. The van der Waals surface area contributed by atoms with Crippen molar-refractivity contribution in [2.45, 2.75) is 111 Å². The molecule has 2 fully saturated rings. The molecule has 4 nitrogen and oxygen atoms in total. The minimum atomic E-state index is -0.259. The van der Waals surface area contributed by atoms with Gasteiger partial charge in [-0.1, -0.05) is 26.2 Å². The monoisotopic (exact) mass is 351 g/mol. The molecule has 0 aromatic carbocycles. The van der Waals surface area contributed by atoms with E-state index in [9.17, 15) is 4.79 Å². The maximum Gasteiger partial charge on any atom is 0.457 e. The Hall–Kier alpha value is -0.545. The van der Waals surface area contributed by atoms with Gasteiger partial charge in [-0.2, -0.15) is 0 Å². The van der Waals surface area contributed by atoms with Crippen LogP contribution < -0.4 is 5.32 Å². The van der Waals surface area contributed by atoms with E-state index in [4.69, 9.17) is 9.31 Å². The molecule has 1 aliphatic heterocycles. The van der Waals surface area contributed by atoms with Gasteiger partial charge >= 0.3 is 7.12 Å². The number of amides is 1. The fraction of sp³-hybridized carbons (Fsp3) is 0.950. The van der Waals surface area contributed by atoms with E-state index >= 15 is 0 Å². The van der Waals surface area contributed by atoms with E-state index in [0.717, 1.165) is 32.0 Å². The minimum absolute atomic E-state index is 0.124. The molecule has 2 aliphatic rings. The van der Waals surface area contributed by atoms with Gasteiger partial charge in [0.05, 0.1) is 11.2 Å². The molecule has 1 aliphatic carbocycles. The Labute approximate surface area is 154 Å². The molecule has 25 heavy (non-hydrogen) atoms. The molecule has 0 spiro atoms. The van der Waals surface area contributed by atoms with Crippen LogP contribution in [0.2, 0.25) is 6.32 Å². The first-order valence-electron chi connectivity index (χ1n) is 9.92. The third kappa shape index (κ3) is 5.00. The number of carbonyl (C=O) groups excluding carboxylic acids is 1. The van der Waals surface area contributed by atoms with Gasteiger partial charge < -0.3 is 14.6 Å². The SMILES string of the molecule is CC(C)(C)NC(=O)C1(C)CCCC(CCB2OC(C)(C)C(C)(C)O2)C1. The zero-order chi connectivity index (χ0) is 19.1. The van der Waals surface area contributed by atoms with Gasteiger partial charge in [0.15, 0.2) is 0 Å². The second kappa shape index (κ2) is 6.88. The molecular weight excluding hydrogens is 313 g/mol. The van der Waals surface area contributed by atoms with Crippen LogP contribution in [0.25, 0.3) is 0 Å². The first kappa shape index (κ1) is 20.8. The minimum Gasteiger partial charge on any atom is -0.403 e. The highest BCUT2D eigenvalue weighted by Crippen LogP contribution is 2.43. The number of hydrogen-bond donors (Lipinski definition) is 1. The molecule has 144 valence electrons. The molecule has 0 aromatic heterocycles. The molecule has 1 amide bonds. The highest BCUT2D eigenvalue weighted by Gasteiger charge is 2.51. The fourth-order valence-corrected chi connectivity index (χ4v) is 4.02. The Morgan fingerprint density at radius 1 is 1.12 bits per heavy atom. The first-order valence-corrected chi connectivity index (χ1v) is 9.92. The van der Waals surface area contributed by atoms with Crippen molar-refractivity contribution in [3.63, 3.8) is 0 Å². The van der Waals surface area contributed by atoms with Gasteiger partial charge in [0.1, 0.15) is 0 Å². The van der Waals surface area contributed by atoms with Gasteiger partial charge in [0.2, 0.25) is 5.91 Å². The number of rotatable bonds is 4. The fourth-order valence-electron chi connectivity index (χ4n) is 4.02. The summed E-state index contributed by atoms with van der Waals surface area (Å²) in [4.78, 5) is 12.8. The molecule has 0 radical (unpaired) electrons. The second-order valence-electron chi connectivity index (χ2n) is 10.5. The summed E-state index contributed by atoms with van der Waals surface area (Å²) in [6.07, 6.45) is 6.26. The van der Waals surface area contributed by atoms with Crippen LogP contribution in [0, 0.1) is 11.3 Å². The standard InChI is InChI=1S/C20H38BNO3/c1-17(2,3)22-16(23)20(8)12-9-10-15(14-20)11-13-21-24-18(4,5)19(6,7)25-21/h15H,9-14H2,1-8H3,(H,22,23). The summed E-state index contributed by atoms with van der Waals surface area (Å²) in [5.74, 6) is 0.781. The Bertz CT molecular complexity index is 482. The molecule has 1 saturated heterocycles. The molecule has 1 saturated carbocycles. The van der Waals surface area contributed by atoms with Crippen molar-refractivity contribution in [2.24, 2.45) is 11.3 Å². The van der Waals surface area contributed by atoms with Crippen LogP contribution in [0.1, 0.15) is 87.5 Å². The molecule has 2 unspecified atom stereocenters. The lowest BCUT2D eigenvalue weighted by Gasteiger charge is -2.39. The van der Waals surface area contributed by atoms with Gasteiger partial charge in [-0.3, -0.25) is 4.79 Å². The quantitative estimate of drug-likeness (QED) is 0.754. The van der Waals surface area contributed by atoms with E-state index in [1.54, 1.807) is 0 Å². The Morgan fingerprint density at radius 2 is 1.68 bits per heavy atom. The van der Waals surface area contributed by atoms with Crippen LogP contribution in [0.4, 0.5) is 0 Å². The summed E-state index contributed by atoms with van der Waals surface area (Å²) in [5.41, 5.74) is -0.932. The van der Waals surface area contributed by atoms with Crippen LogP contribution in [-0.2, 0) is 14.1 Å². The van der Waals surface area contributed by atoms with E-state index in [1.807, 2.05) is 20.8 Å². The van der Waals surface area contributed by atoms with Crippen molar-refractivity contribution in [3.05, 3.63) is 0 Å². The molecule has 5 heteroatoms. The van der Waals surface area contributed by atoms with Gasteiger partial charge in [-0.05, 0) is 73.5 Å². The molecular formula is C20H38BNO3. The van der Waals surface area contributed by atoms with E-state index in [0.29, 0.717) is 5.92 Å². The number of hydrogen-bond acceptors (Lipinski definition) is 3. The van der Waals surface area contributed by atoms with Crippen molar-refractivity contribution in [3.8, 4) is 0 Å². The normalized spacial score (nSPS) is 31.8. The molecule has 0 bridgehead atoms. The average Bonchev–Trinajstić information content (AvgIpc) is 2.63. The Balaban J connectivity index is 1.89. The maximum absolute atomic E-state index is 12.8. The summed E-state index contributed by atoms with van der Waals surface area (Å²) >= 11 is 0. The van der Waals surface area contributed by atoms with Gasteiger partial charge in [-0.15, -0.1) is 0 Å². The molecule has 1 N–H and O–H groups in total. The van der Waals surface area contributed by atoms with E-state index in [1.165, 1.54) is 6.42 Å². The average molecular weight is 351 g/mol. The van der Waals surface area contributed by atoms with Crippen LogP contribution in [0.5, 0.6) is 0 Å². The molecule has 2 atom stereocenters. The maximum atomic E-state index is 12.8. The third-order valence-corrected chi connectivity index (χ3v) is 6.23. The zero-order valence-corrected chi connectivity index (χ0v) is 17.6. The first-order chi connectivity index (χ1) is 11.2. The van der Waals surface area contributed by atoms with Gasteiger partial charge in [0.25, 0.3) is 0 Å². The Kier molecular flexibility index (Phi) is 5.72. The highest BCUT2D eigenvalue weighted by atomic mass is 16.7. The lowest BCUT2D eigenvalue weighted by molar-refractivity contribution is -0.134. The topological polar surface area (TPSA) is 47.6 Å². The van der Waals surface area contributed by atoms with Gasteiger partial charge in [0, 0.05) is 11.0 Å². The third-order valence-electron chi connectivity index (χ3n) is 6.23. The van der Waals surface area contributed by atoms with Crippen molar-refractivity contribution in [2.75, 3.05) is 0 Å². The number of carbonyl (C=O) groups is 1. The highest BCUT2D eigenvalue weighted by molar-refractivity contribution is 6.45. The second-order valence-corrected chi connectivity index (χ2v) is 10.5. The Morgan fingerprint density at radius 3 is 2.20 bits per heavy atom. The van der Waals surface area contributed by atoms with Crippen LogP contribution in [0.3, 0.4) is 0 Å². The van der Waals surface area contributed by atoms with Crippen LogP contribution in [0.15, 0.2) is 0 Å². The van der Waals surface area contributed by atoms with Crippen molar-refractivity contribution in [1.82, 2.24) is 5.32 Å². The van der Waals surface area contributed by atoms with Crippen LogP contribution >= 0.6 is 0 Å². The van der Waals surface area contributed by atoms with E-state index in [-0.39, 0.29) is 35.2 Å². The lowest BCUT2D eigenvalue weighted by Crippen LogP contribution is -2.49. The molecule has 2 rings (SSSR count). The predicted octanol–water partition coefficient (Wildman–Crippen LogP) is 4.58. The van der Waals surface area contributed by atoms with Crippen molar-refractivity contribution >= 4 is 13.0 Å². The molecule has 1 heterocycles. The summed E-state index contributed by atoms with van der Waals surface area (Å²) < 4.78 is 12.2. The summed E-state index contributed by atoms with van der Waals surface area (Å²) in [6, 6.07) is 0. The molecule has 0 aromatic rings. The van der Waals surface area contributed by atoms with Crippen molar-refractivity contribution in [1.29, 1.82) is 0 Å². The van der Waals surface area contributed by atoms with Crippen molar-refractivity contribution < 1.29 is 14.1 Å². The smallest absolute Gasteiger partial charge is 0.403 e. The number of nitrogens with one attached hydrogen (secondary N) is 1. The summed E-state index contributed by atoms with van der Waals surface area (Å²) in [7, 11) is -0.124. The van der Waals surface area contributed by atoms with E-state index in [2.05, 4.69) is 39.9 Å².